The van der Waals surface area contributed by atoms with Gasteiger partial charge in [-0.1, -0.05) is 18.2 Å². The molecule has 1 N–H and O–H groups in total. The van der Waals surface area contributed by atoms with Crippen LogP contribution in [0.4, 0.5) is 19.1 Å². The molecule has 4 aromatic rings. The Balaban J connectivity index is 1.49. The average Bonchev–Trinajstić information content (AvgIpc) is 3.18. The van der Waals surface area contributed by atoms with Crippen molar-refractivity contribution in [1.82, 2.24) is 19.4 Å². The summed E-state index contributed by atoms with van der Waals surface area (Å²) in [4.78, 5) is 15.1. The number of fused-ring (bicyclic) bond motifs is 1. The number of aromatic nitrogens is 4. The van der Waals surface area contributed by atoms with Crippen molar-refractivity contribution < 1.29 is 27.8 Å². The minimum Gasteiger partial charge on any atom is -0.435 e. The van der Waals surface area contributed by atoms with Crippen molar-refractivity contribution in [3.63, 3.8) is 0 Å². The molecule has 11 heteroatoms. The van der Waals surface area contributed by atoms with Gasteiger partial charge >= 0.3 is 6.61 Å². The van der Waals surface area contributed by atoms with Crippen LogP contribution >= 0.6 is 0 Å². The van der Waals surface area contributed by atoms with Crippen molar-refractivity contribution >= 4 is 11.6 Å². The Morgan fingerprint density at radius 1 is 1.22 bits per heavy atom. The molecule has 4 heterocycles. The number of aliphatic hydroxyl groups excluding tert-OH is 1. The Hall–Kier alpha value is -3.70. The van der Waals surface area contributed by atoms with E-state index in [9.17, 15) is 13.9 Å². The molecular formula is C25H24F3N5O3. The van der Waals surface area contributed by atoms with Gasteiger partial charge in [0.15, 0.2) is 0 Å². The molecule has 5 rings (SSSR count). The normalized spacial score (nSPS) is 16.2. The van der Waals surface area contributed by atoms with Gasteiger partial charge in [0, 0.05) is 60.0 Å². The minimum absolute atomic E-state index is 0.0810. The predicted octanol–water partition coefficient (Wildman–Crippen LogP) is 3.63. The summed E-state index contributed by atoms with van der Waals surface area (Å²) in [5, 5.41) is 9.61. The SMILES string of the molecule is Cc1nc2cc(F)c(-c3cnc(N4CCOCC4CO)nc3)cn2c1Cc1ccccc1OC(F)F. The number of benzene rings is 1. The standard InChI is InChI=1S/C25H24F3N5O3/c1-15-21(8-16-4-2-3-5-22(16)36-24(27)28)33-12-19(20(26)9-23(33)31-15)17-10-29-25(30-11-17)32-6-7-35-14-18(32)13-34/h2-5,9-12,18,24,34H,6-8,13-14H2,1H3. The van der Waals surface area contributed by atoms with Gasteiger partial charge in [-0.05, 0) is 13.0 Å². The number of anilines is 1. The highest BCUT2D eigenvalue weighted by Gasteiger charge is 2.25. The summed E-state index contributed by atoms with van der Waals surface area (Å²) >= 11 is 0. The van der Waals surface area contributed by atoms with Crippen LogP contribution in [0.3, 0.4) is 0 Å². The third kappa shape index (κ3) is 4.71. The van der Waals surface area contributed by atoms with E-state index in [1.165, 1.54) is 24.5 Å². The summed E-state index contributed by atoms with van der Waals surface area (Å²) in [6.07, 6.45) is 4.94. The van der Waals surface area contributed by atoms with Crippen molar-refractivity contribution in [1.29, 1.82) is 0 Å². The second kappa shape index (κ2) is 10.1. The number of hydrogen-bond acceptors (Lipinski definition) is 7. The van der Waals surface area contributed by atoms with E-state index in [-0.39, 0.29) is 30.4 Å². The number of nitrogens with zero attached hydrogens (tertiary/aromatic N) is 5. The van der Waals surface area contributed by atoms with Gasteiger partial charge in [-0.25, -0.2) is 19.3 Å². The average molecular weight is 499 g/mol. The quantitative estimate of drug-likeness (QED) is 0.416. The van der Waals surface area contributed by atoms with Crippen LogP contribution in [-0.4, -0.2) is 63.5 Å². The highest BCUT2D eigenvalue weighted by Crippen LogP contribution is 2.29. The molecule has 1 aliphatic heterocycles. The number of hydrogen-bond donors (Lipinski definition) is 1. The lowest BCUT2D eigenvalue weighted by Crippen LogP contribution is -2.48. The van der Waals surface area contributed by atoms with Crippen LogP contribution in [0, 0.1) is 12.7 Å². The van der Waals surface area contributed by atoms with Crippen LogP contribution in [0.25, 0.3) is 16.8 Å². The highest BCUT2D eigenvalue weighted by atomic mass is 19.3. The van der Waals surface area contributed by atoms with Crippen molar-refractivity contribution in [2.24, 2.45) is 0 Å². The van der Waals surface area contributed by atoms with E-state index in [2.05, 4.69) is 19.7 Å². The monoisotopic (exact) mass is 499 g/mol. The lowest BCUT2D eigenvalue weighted by molar-refractivity contribution is -0.0504. The van der Waals surface area contributed by atoms with Gasteiger partial charge in [-0.2, -0.15) is 8.78 Å². The first-order chi connectivity index (χ1) is 17.4. The fourth-order valence-electron chi connectivity index (χ4n) is 4.38. The van der Waals surface area contributed by atoms with Crippen LogP contribution in [0.1, 0.15) is 17.0 Å². The number of morpholine rings is 1. The van der Waals surface area contributed by atoms with Crippen LogP contribution in [0.2, 0.25) is 0 Å². The van der Waals surface area contributed by atoms with Gasteiger partial charge in [0.1, 0.15) is 17.2 Å². The topological polar surface area (TPSA) is 85.0 Å². The zero-order chi connectivity index (χ0) is 25.2. The van der Waals surface area contributed by atoms with E-state index < -0.39 is 12.4 Å². The number of pyridine rings is 1. The molecule has 1 aliphatic rings. The predicted molar refractivity (Wildman–Crippen MR) is 126 cm³/mol. The van der Waals surface area contributed by atoms with E-state index in [4.69, 9.17) is 4.74 Å². The van der Waals surface area contributed by atoms with E-state index in [0.29, 0.717) is 53.9 Å². The second-order valence-electron chi connectivity index (χ2n) is 8.45. The zero-order valence-electron chi connectivity index (χ0n) is 19.4. The summed E-state index contributed by atoms with van der Waals surface area (Å²) in [6, 6.07) is 7.64. The number of aliphatic hydroxyl groups is 1. The van der Waals surface area contributed by atoms with Crippen LogP contribution in [0.5, 0.6) is 5.75 Å². The molecule has 36 heavy (non-hydrogen) atoms. The van der Waals surface area contributed by atoms with Gasteiger partial charge in [-0.3, -0.25) is 0 Å². The molecule has 0 amide bonds. The van der Waals surface area contributed by atoms with E-state index in [1.807, 2.05) is 4.90 Å². The van der Waals surface area contributed by atoms with E-state index >= 15 is 4.39 Å². The molecule has 1 aromatic carbocycles. The molecule has 0 saturated carbocycles. The summed E-state index contributed by atoms with van der Waals surface area (Å²) in [5.74, 6) is 0.0197. The minimum atomic E-state index is -2.94. The first kappa shape index (κ1) is 24.0. The third-order valence-corrected chi connectivity index (χ3v) is 6.20. The molecule has 3 aromatic heterocycles. The Kier molecular flexibility index (Phi) is 6.75. The fraction of sp³-hybridized carbons (Fsp3) is 0.320. The van der Waals surface area contributed by atoms with Gasteiger partial charge in [-0.15, -0.1) is 0 Å². The Labute approximate surface area is 205 Å². The summed E-state index contributed by atoms with van der Waals surface area (Å²) in [7, 11) is 0. The maximum absolute atomic E-state index is 15.1. The smallest absolute Gasteiger partial charge is 0.387 e. The van der Waals surface area contributed by atoms with Crippen molar-refractivity contribution in [3.05, 3.63) is 71.7 Å². The van der Waals surface area contributed by atoms with E-state index in [1.54, 1.807) is 35.7 Å². The number of aryl methyl sites for hydroxylation is 1. The molecular weight excluding hydrogens is 475 g/mol. The Morgan fingerprint density at radius 2 is 2.00 bits per heavy atom. The Morgan fingerprint density at radius 3 is 2.75 bits per heavy atom. The molecule has 8 nitrogen and oxygen atoms in total. The lowest BCUT2D eigenvalue weighted by Gasteiger charge is -2.34. The fourth-order valence-corrected chi connectivity index (χ4v) is 4.38. The summed E-state index contributed by atoms with van der Waals surface area (Å²) < 4.78 is 52.6. The second-order valence-corrected chi connectivity index (χ2v) is 8.45. The first-order valence-corrected chi connectivity index (χ1v) is 11.4. The molecule has 188 valence electrons. The molecule has 0 radical (unpaired) electrons. The third-order valence-electron chi connectivity index (χ3n) is 6.20. The molecule has 1 atom stereocenters. The molecule has 1 unspecified atom stereocenters. The number of rotatable bonds is 7. The number of ether oxygens (including phenoxy) is 2. The van der Waals surface area contributed by atoms with Gasteiger partial charge in [0.25, 0.3) is 0 Å². The Bertz CT molecular complexity index is 1360. The number of alkyl halides is 2. The van der Waals surface area contributed by atoms with Gasteiger partial charge in [0.2, 0.25) is 5.95 Å². The van der Waals surface area contributed by atoms with Gasteiger partial charge in [0.05, 0.1) is 31.6 Å². The molecule has 0 bridgehead atoms. The van der Waals surface area contributed by atoms with Crippen molar-refractivity contribution in [3.8, 4) is 16.9 Å². The largest absolute Gasteiger partial charge is 0.435 e. The van der Waals surface area contributed by atoms with Crippen molar-refractivity contribution in [2.75, 3.05) is 31.3 Å². The molecule has 1 saturated heterocycles. The number of imidazole rings is 1. The number of halogens is 3. The van der Waals surface area contributed by atoms with Crippen molar-refractivity contribution in [2.45, 2.75) is 26.0 Å². The van der Waals surface area contributed by atoms with Crippen LogP contribution in [0.15, 0.2) is 48.9 Å². The maximum Gasteiger partial charge on any atom is 0.387 e. The summed E-state index contributed by atoms with van der Waals surface area (Å²) in [5.41, 5.74) is 3.05. The molecule has 0 spiro atoms. The molecule has 1 fully saturated rings. The highest BCUT2D eigenvalue weighted by molar-refractivity contribution is 5.65. The lowest BCUT2D eigenvalue weighted by atomic mass is 10.1. The summed E-state index contributed by atoms with van der Waals surface area (Å²) in [6.45, 7) is 0.170. The van der Waals surface area contributed by atoms with Gasteiger partial charge < -0.3 is 23.9 Å². The van der Waals surface area contributed by atoms with E-state index in [0.717, 1.165) is 0 Å². The maximum atomic E-state index is 15.1. The number of para-hydroxylation sites is 1. The first-order valence-electron chi connectivity index (χ1n) is 11.4. The van der Waals surface area contributed by atoms with Crippen LogP contribution in [-0.2, 0) is 11.2 Å². The molecule has 0 aliphatic carbocycles. The zero-order valence-corrected chi connectivity index (χ0v) is 19.4. The van der Waals surface area contributed by atoms with Crippen LogP contribution < -0.4 is 9.64 Å².